The molecule has 2 amide bonds. The van der Waals surface area contributed by atoms with E-state index in [1.165, 1.54) is 11.8 Å². The number of aliphatic carboxylic acids is 1. The highest BCUT2D eigenvalue weighted by molar-refractivity contribution is 8.00. The highest BCUT2D eigenvalue weighted by Crippen LogP contribution is 2.36. The molecule has 0 radical (unpaired) electrons. The van der Waals surface area contributed by atoms with Gasteiger partial charge in [-0.2, -0.15) is 0 Å². The molecule has 6 nitrogen and oxygen atoms in total. The first-order valence-electron chi connectivity index (χ1n) is 7.09. The van der Waals surface area contributed by atoms with Gasteiger partial charge >= 0.3 is 5.97 Å². The Morgan fingerprint density at radius 3 is 2.86 bits per heavy atom. The second-order valence-electron chi connectivity index (χ2n) is 5.54. The van der Waals surface area contributed by atoms with Crippen LogP contribution in [0, 0.1) is 5.92 Å². The molecule has 0 saturated carbocycles. The average Bonchev–Trinajstić information content (AvgIpc) is 2.97. The maximum absolute atomic E-state index is 12.5. The highest BCUT2D eigenvalue weighted by Gasteiger charge is 2.32. The van der Waals surface area contributed by atoms with Crippen LogP contribution < -0.4 is 5.32 Å². The lowest BCUT2D eigenvalue weighted by Crippen LogP contribution is -2.30. The number of carbonyl (C=O) groups is 3. The van der Waals surface area contributed by atoms with Crippen molar-refractivity contribution in [3.05, 3.63) is 23.8 Å². The summed E-state index contributed by atoms with van der Waals surface area (Å²) in [6.45, 7) is 2.52. The van der Waals surface area contributed by atoms with Gasteiger partial charge in [-0.25, -0.2) is 0 Å². The summed E-state index contributed by atoms with van der Waals surface area (Å²) in [6.07, 6.45) is 0.482. The largest absolute Gasteiger partial charge is 0.481 e. The fourth-order valence-electron chi connectivity index (χ4n) is 2.67. The number of benzene rings is 1. The minimum Gasteiger partial charge on any atom is -0.481 e. The van der Waals surface area contributed by atoms with Gasteiger partial charge in [-0.15, -0.1) is 11.8 Å². The number of amides is 2. The van der Waals surface area contributed by atoms with Crippen molar-refractivity contribution in [2.24, 2.45) is 5.92 Å². The third kappa shape index (κ3) is 2.68. The Labute approximate surface area is 131 Å². The van der Waals surface area contributed by atoms with Gasteiger partial charge in [-0.3, -0.25) is 14.4 Å². The van der Waals surface area contributed by atoms with Crippen molar-refractivity contribution in [1.82, 2.24) is 4.90 Å². The minimum atomic E-state index is -0.863. The molecular formula is C15H16N2O4S. The molecule has 2 heterocycles. The van der Waals surface area contributed by atoms with Gasteiger partial charge in [0.2, 0.25) is 5.91 Å². The van der Waals surface area contributed by atoms with Gasteiger partial charge in [0.05, 0.1) is 16.9 Å². The van der Waals surface area contributed by atoms with E-state index in [2.05, 4.69) is 5.32 Å². The van der Waals surface area contributed by atoms with E-state index < -0.39 is 11.9 Å². The van der Waals surface area contributed by atoms with E-state index in [0.29, 0.717) is 24.2 Å². The van der Waals surface area contributed by atoms with Crippen LogP contribution in [0.15, 0.2) is 23.1 Å². The van der Waals surface area contributed by atoms with Crippen molar-refractivity contribution in [1.29, 1.82) is 0 Å². The van der Waals surface area contributed by atoms with Crippen molar-refractivity contribution in [3.8, 4) is 0 Å². The Morgan fingerprint density at radius 1 is 1.41 bits per heavy atom. The molecule has 0 aromatic heterocycles. The Kier molecular flexibility index (Phi) is 3.82. The molecule has 1 saturated heterocycles. The van der Waals surface area contributed by atoms with Gasteiger partial charge in [0.25, 0.3) is 5.91 Å². The molecule has 2 unspecified atom stereocenters. The molecule has 2 N–H and O–H groups in total. The summed E-state index contributed by atoms with van der Waals surface area (Å²) >= 11 is 1.46. The number of nitrogens with zero attached hydrogens (tertiary/aromatic N) is 1. The number of nitrogens with one attached hydrogen (secondary N) is 1. The van der Waals surface area contributed by atoms with Gasteiger partial charge in [-0.1, -0.05) is 0 Å². The van der Waals surface area contributed by atoms with Crippen molar-refractivity contribution in [2.75, 3.05) is 18.4 Å². The summed E-state index contributed by atoms with van der Waals surface area (Å²) in [5.41, 5.74) is 1.12. The number of carboxylic acid groups (broad SMARTS) is 1. The van der Waals surface area contributed by atoms with Crippen LogP contribution in [0.3, 0.4) is 0 Å². The predicted molar refractivity (Wildman–Crippen MR) is 82.0 cm³/mol. The molecule has 116 valence electrons. The lowest BCUT2D eigenvalue weighted by molar-refractivity contribution is -0.141. The number of fused-ring (bicyclic) bond motifs is 1. The first kappa shape index (κ1) is 14.9. The molecule has 2 aliphatic rings. The molecule has 0 aliphatic carbocycles. The van der Waals surface area contributed by atoms with Crippen LogP contribution in [-0.4, -0.2) is 46.1 Å². The monoisotopic (exact) mass is 320 g/mol. The number of thioether (sulfide) groups is 1. The number of rotatable bonds is 2. The van der Waals surface area contributed by atoms with Crippen LogP contribution >= 0.6 is 11.8 Å². The van der Waals surface area contributed by atoms with Crippen LogP contribution in [0.5, 0.6) is 0 Å². The predicted octanol–water partition coefficient (Wildman–Crippen LogP) is 1.67. The van der Waals surface area contributed by atoms with E-state index in [0.717, 1.165) is 4.90 Å². The molecule has 3 rings (SSSR count). The summed E-state index contributed by atoms with van der Waals surface area (Å²) in [7, 11) is 0. The zero-order chi connectivity index (χ0) is 15.9. The molecule has 1 aromatic carbocycles. The highest BCUT2D eigenvalue weighted by atomic mass is 32.2. The third-order valence-electron chi connectivity index (χ3n) is 3.98. The van der Waals surface area contributed by atoms with Crippen LogP contribution in [0.25, 0.3) is 0 Å². The fourth-order valence-corrected chi connectivity index (χ4v) is 3.60. The van der Waals surface area contributed by atoms with Gasteiger partial charge in [0, 0.05) is 23.5 Å². The normalized spacial score (nSPS) is 23.9. The van der Waals surface area contributed by atoms with E-state index in [4.69, 9.17) is 5.11 Å². The number of hydrogen-bond acceptors (Lipinski definition) is 4. The Morgan fingerprint density at radius 2 is 2.18 bits per heavy atom. The zero-order valence-electron chi connectivity index (χ0n) is 12.0. The maximum atomic E-state index is 12.5. The summed E-state index contributed by atoms with van der Waals surface area (Å²) in [4.78, 5) is 37.7. The molecule has 1 fully saturated rings. The van der Waals surface area contributed by atoms with Gasteiger partial charge in [0.15, 0.2) is 0 Å². The molecular weight excluding hydrogens is 304 g/mol. The number of carboxylic acids is 1. The average molecular weight is 320 g/mol. The quantitative estimate of drug-likeness (QED) is 0.865. The zero-order valence-corrected chi connectivity index (χ0v) is 12.9. The van der Waals surface area contributed by atoms with Gasteiger partial charge in [0.1, 0.15) is 0 Å². The van der Waals surface area contributed by atoms with Crippen LogP contribution in [0.1, 0.15) is 23.7 Å². The lowest BCUT2D eigenvalue weighted by Gasteiger charge is -2.22. The Hall–Kier alpha value is -2.02. The summed E-state index contributed by atoms with van der Waals surface area (Å²) in [5.74, 6) is -1.62. The van der Waals surface area contributed by atoms with E-state index in [-0.39, 0.29) is 23.6 Å². The van der Waals surface area contributed by atoms with Crippen molar-refractivity contribution < 1.29 is 19.5 Å². The molecule has 2 aliphatic heterocycles. The second kappa shape index (κ2) is 5.64. The molecule has 0 spiro atoms. The summed E-state index contributed by atoms with van der Waals surface area (Å²) < 4.78 is 0. The van der Waals surface area contributed by atoms with Crippen molar-refractivity contribution >= 4 is 35.2 Å². The number of anilines is 1. The van der Waals surface area contributed by atoms with E-state index in [1.807, 2.05) is 13.0 Å². The number of carbonyl (C=O) groups excluding carboxylic acids is 2. The fraction of sp³-hybridized carbons (Fsp3) is 0.400. The first-order valence-corrected chi connectivity index (χ1v) is 7.97. The Bertz CT molecular complexity index is 661. The van der Waals surface area contributed by atoms with Crippen molar-refractivity contribution in [3.63, 3.8) is 0 Å². The molecule has 0 bridgehead atoms. The third-order valence-corrected chi connectivity index (χ3v) is 5.16. The van der Waals surface area contributed by atoms with Crippen LogP contribution in [-0.2, 0) is 9.59 Å². The first-order chi connectivity index (χ1) is 10.5. The van der Waals surface area contributed by atoms with E-state index >= 15 is 0 Å². The van der Waals surface area contributed by atoms with Gasteiger partial charge in [-0.05, 0) is 31.5 Å². The van der Waals surface area contributed by atoms with E-state index in [9.17, 15) is 14.4 Å². The SMILES string of the molecule is CC1Sc2ccc(C(=O)N3CCC(C(=O)O)C3)cc2NC1=O. The van der Waals surface area contributed by atoms with E-state index in [1.54, 1.807) is 17.0 Å². The van der Waals surface area contributed by atoms with Crippen LogP contribution in [0.2, 0.25) is 0 Å². The molecule has 1 aromatic rings. The molecule has 7 heteroatoms. The number of hydrogen-bond donors (Lipinski definition) is 2. The molecule has 22 heavy (non-hydrogen) atoms. The van der Waals surface area contributed by atoms with Crippen molar-refractivity contribution in [2.45, 2.75) is 23.5 Å². The summed E-state index contributed by atoms with van der Waals surface area (Å²) in [5, 5.41) is 11.7. The second-order valence-corrected chi connectivity index (χ2v) is 6.92. The number of likely N-dealkylation sites (tertiary alicyclic amines) is 1. The minimum absolute atomic E-state index is 0.0748. The topological polar surface area (TPSA) is 86.7 Å². The smallest absolute Gasteiger partial charge is 0.308 e. The Balaban J connectivity index is 1.79. The van der Waals surface area contributed by atoms with Gasteiger partial charge < -0.3 is 15.3 Å². The van der Waals surface area contributed by atoms with Crippen LogP contribution in [0.4, 0.5) is 5.69 Å². The standard InChI is InChI=1S/C15H16N2O4S/c1-8-13(18)16-11-6-9(2-3-12(11)22-8)14(19)17-5-4-10(7-17)15(20)21/h2-3,6,8,10H,4-5,7H2,1H3,(H,16,18)(H,20,21). The lowest BCUT2D eigenvalue weighted by atomic mass is 10.1. The maximum Gasteiger partial charge on any atom is 0.308 e. The summed E-state index contributed by atoms with van der Waals surface area (Å²) in [6, 6.07) is 5.23. The molecule has 2 atom stereocenters.